The number of nitrogens with two attached hydrogens (primary N) is 1. The Hall–Kier alpha value is -2.04. The predicted octanol–water partition coefficient (Wildman–Crippen LogP) is 5.75. The van der Waals surface area contributed by atoms with Crippen molar-refractivity contribution in [2.75, 3.05) is 27.2 Å². The smallest absolute Gasteiger partial charge is 0.123 e. The van der Waals surface area contributed by atoms with Crippen molar-refractivity contribution in [1.82, 2.24) is 4.90 Å². The lowest BCUT2D eigenvalue weighted by Gasteiger charge is -2.16. The van der Waals surface area contributed by atoms with Crippen molar-refractivity contribution in [3.05, 3.63) is 57.6 Å². The molecule has 3 unspecified atom stereocenters. The monoisotopic (exact) mass is 452 g/mol. The molecular formula is C29H44N2O2. The zero-order valence-electron chi connectivity index (χ0n) is 22.0. The molecule has 0 spiro atoms. The van der Waals surface area contributed by atoms with Crippen LogP contribution in [0.2, 0.25) is 0 Å². The van der Waals surface area contributed by atoms with Gasteiger partial charge in [0, 0.05) is 25.9 Å². The minimum absolute atomic E-state index is 0.182. The highest BCUT2D eigenvalue weighted by Crippen LogP contribution is 2.35. The van der Waals surface area contributed by atoms with Crippen LogP contribution in [-0.2, 0) is 12.8 Å². The van der Waals surface area contributed by atoms with Crippen LogP contribution in [0.25, 0.3) is 0 Å². The molecule has 182 valence electrons. The van der Waals surface area contributed by atoms with E-state index in [1.165, 1.54) is 39.8 Å². The van der Waals surface area contributed by atoms with Gasteiger partial charge < -0.3 is 20.1 Å². The molecule has 4 heteroatoms. The molecule has 0 bridgehead atoms. The molecular weight excluding hydrogens is 408 g/mol. The third-order valence-electron chi connectivity index (χ3n) is 6.98. The second-order valence-corrected chi connectivity index (χ2v) is 10.5. The van der Waals surface area contributed by atoms with Crippen molar-refractivity contribution >= 4 is 0 Å². The normalized spacial score (nSPS) is 19.5. The Morgan fingerprint density at radius 1 is 0.879 bits per heavy atom. The number of hydrogen-bond acceptors (Lipinski definition) is 4. The molecule has 2 heterocycles. The fourth-order valence-electron chi connectivity index (χ4n) is 5.01. The van der Waals surface area contributed by atoms with Gasteiger partial charge in [-0.25, -0.2) is 0 Å². The van der Waals surface area contributed by atoms with E-state index in [0.717, 1.165) is 30.9 Å². The van der Waals surface area contributed by atoms with E-state index >= 15 is 0 Å². The lowest BCUT2D eigenvalue weighted by Crippen LogP contribution is -2.29. The Labute approximate surface area is 201 Å². The maximum atomic E-state index is 6.02. The van der Waals surface area contributed by atoms with Crippen molar-refractivity contribution in [3.63, 3.8) is 0 Å². The van der Waals surface area contributed by atoms with E-state index in [2.05, 4.69) is 84.8 Å². The molecule has 0 aliphatic carbocycles. The maximum Gasteiger partial charge on any atom is 0.123 e. The Bertz CT molecular complexity index is 951. The molecule has 33 heavy (non-hydrogen) atoms. The molecule has 0 saturated carbocycles. The Morgan fingerprint density at radius 3 is 1.91 bits per heavy atom. The minimum Gasteiger partial charge on any atom is -0.488 e. The molecule has 4 nitrogen and oxygen atoms in total. The van der Waals surface area contributed by atoms with E-state index in [-0.39, 0.29) is 6.10 Å². The zero-order valence-corrected chi connectivity index (χ0v) is 22.0. The Kier molecular flexibility index (Phi) is 8.47. The highest BCUT2D eigenvalue weighted by Gasteiger charge is 2.25. The first-order chi connectivity index (χ1) is 15.6. The predicted molar refractivity (Wildman–Crippen MR) is 139 cm³/mol. The average molecular weight is 453 g/mol. The molecule has 0 aromatic heterocycles. The largest absolute Gasteiger partial charge is 0.488 e. The second kappa shape index (κ2) is 10.9. The SMILES string of the molecule is CCC(C)c1cc2c(cc1C)CC(CN)O2.Cc1cc2c(cc1C(C)C)OC(CN(C)C)C2. The number of nitrogens with zero attached hydrogens (tertiary/aromatic N) is 1. The van der Waals surface area contributed by atoms with Gasteiger partial charge in [-0.1, -0.05) is 39.8 Å². The van der Waals surface area contributed by atoms with E-state index in [1.807, 2.05) is 0 Å². The summed E-state index contributed by atoms with van der Waals surface area (Å²) in [6, 6.07) is 9.03. The number of likely N-dealkylation sites (N-methyl/N-ethyl adjacent to an activating group) is 1. The molecule has 0 radical (unpaired) electrons. The third-order valence-corrected chi connectivity index (χ3v) is 6.98. The number of benzene rings is 2. The highest BCUT2D eigenvalue weighted by molar-refractivity contribution is 5.47. The van der Waals surface area contributed by atoms with Crippen molar-refractivity contribution in [2.24, 2.45) is 5.73 Å². The first-order valence-electron chi connectivity index (χ1n) is 12.6. The number of fused-ring (bicyclic) bond motifs is 2. The highest BCUT2D eigenvalue weighted by atomic mass is 16.5. The van der Waals surface area contributed by atoms with Crippen LogP contribution in [0.15, 0.2) is 24.3 Å². The molecule has 0 fully saturated rings. The van der Waals surface area contributed by atoms with Gasteiger partial charge in [0.15, 0.2) is 0 Å². The summed E-state index contributed by atoms with van der Waals surface area (Å²) in [5.74, 6) is 3.32. The van der Waals surface area contributed by atoms with Gasteiger partial charge in [-0.05, 0) is 91.7 Å². The summed E-state index contributed by atoms with van der Waals surface area (Å²) in [6.45, 7) is 15.0. The van der Waals surface area contributed by atoms with Crippen molar-refractivity contribution < 1.29 is 9.47 Å². The second-order valence-electron chi connectivity index (χ2n) is 10.5. The fourth-order valence-corrected chi connectivity index (χ4v) is 5.01. The first kappa shape index (κ1) is 25.6. The van der Waals surface area contributed by atoms with Gasteiger partial charge >= 0.3 is 0 Å². The summed E-state index contributed by atoms with van der Waals surface area (Å²) >= 11 is 0. The topological polar surface area (TPSA) is 47.7 Å². The van der Waals surface area contributed by atoms with Crippen LogP contribution >= 0.6 is 0 Å². The quantitative estimate of drug-likeness (QED) is 0.606. The van der Waals surface area contributed by atoms with Gasteiger partial charge in [-0.3, -0.25) is 0 Å². The maximum absolute atomic E-state index is 6.02. The molecule has 2 N–H and O–H groups in total. The molecule has 2 aromatic carbocycles. The van der Waals surface area contributed by atoms with Gasteiger partial charge in [-0.15, -0.1) is 0 Å². The fraction of sp³-hybridized carbons (Fsp3) is 0.586. The standard InChI is InChI=1S/C15H23NO.C14H21NO/c1-10(2)14-8-15-12(6-11(14)3)7-13(17-15)9-16(4)5;1-4-9(2)13-7-14-11(5-10(13)3)6-12(8-15)16-14/h6,8,10,13H,7,9H2,1-5H3;5,7,9,12H,4,6,8,15H2,1-3H3. The molecule has 3 atom stereocenters. The molecule has 0 amide bonds. The van der Waals surface area contributed by atoms with Crippen molar-refractivity contribution in [2.45, 2.75) is 84.8 Å². The van der Waals surface area contributed by atoms with E-state index < -0.39 is 0 Å². The van der Waals surface area contributed by atoms with Crippen LogP contribution in [-0.4, -0.2) is 44.3 Å². The first-order valence-corrected chi connectivity index (χ1v) is 12.6. The summed E-state index contributed by atoms with van der Waals surface area (Å²) < 4.78 is 11.8. The Morgan fingerprint density at radius 2 is 1.39 bits per heavy atom. The van der Waals surface area contributed by atoms with Crippen molar-refractivity contribution in [3.8, 4) is 11.5 Å². The minimum atomic E-state index is 0.182. The summed E-state index contributed by atoms with van der Waals surface area (Å²) in [6.07, 6.45) is 3.68. The molecule has 0 saturated heterocycles. The number of hydrogen-bond donors (Lipinski definition) is 1. The van der Waals surface area contributed by atoms with E-state index in [0.29, 0.717) is 24.5 Å². The molecule has 2 aromatic rings. The summed E-state index contributed by atoms with van der Waals surface area (Å²) in [5.41, 5.74) is 14.0. The zero-order chi connectivity index (χ0) is 24.3. The van der Waals surface area contributed by atoms with E-state index in [9.17, 15) is 0 Å². The number of aryl methyl sites for hydroxylation is 2. The van der Waals surface area contributed by atoms with Gasteiger partial charge in [0.25, 0.3) is 0 Å². The summed E-state index contributed by atoms with van der Waals surface area (Å²) in [4.78, 5) is 2.19. The van der Waals surface area contributed by atoms with Crippen LogP contribution in [0.5, 0.6) is 11.5 Å². The number of rotatable bonds is 6. The van der Waals surface area contributed by atoms with Crippen LogP contribution in [0.4, 0.5) is 0 Å². The molecule has 4 rings (SSSR count). The Balaban J connectivity index is 0.000000186. The van der Waals surface area contributed by atoms with Gasteiger partial charge in [0.05, 0.1) is 0 Å². The van der Waals surface area contributed by atoms with Crippen LogP contribution in [0, 0.1) is 13.8 Å². The van der Waals surface area contributed by atoms with Gasteiger partial charge in [-0.2, -0.15) is 0 Å². The van der Waals surface area contributed by atoms with Gasteiger partial charge in [0.1, 0.15) is 23.7 Å². The van der Waals surface area contributed by atoms with Crippen LogP contribution in [0.3, 0.4) is 0 Å². The van der Waals surface area contributed by atoms with E-state index in [4.69, 9.17) is 15.2 Å². The van der Waals surface area contributed by atoms with Gasteiger partial charge in [0.2, 0.25) is 0 Å². The summed E-state index contributed by atoms with van der Waals surface area (Å²) in [5, 5.41) is 0. The average Bonchev–Trinajstić information content (AvgIpc) is 3.33. The van der Waals surface area contributed by atoms with Crippen molar-refractivity contribution in [1.29, 1.82) is 0 Å². The molecule has 2 aliphatic rings. The summed E-state index contributed by atoms with van der Waals surface area (Å²) in [7, 11) is 4.19. The third kappa shape index (κ3) is 6.10. The molecule has 2 aliphatic heterocycles. The lowest BCUT2D eigenvalue weighted by molar-refractivity contribution is 0.184. The lowest BCUT2D eigenvalue weighted by atomic mass is 9.92. The number of ether oxygens (including phenoxy) is 2. The van der Waals surface area contributed by atoms with E-state index in [1.54, 1.807) is 0 Å². The van der Waals surface area contributed by atoms with Crippen LogP contribution < -0.4 is 15.2 Å². The van der Waals surface area contributed by atoms with Crippen LogP contribution in [0.1, 0.15) is 79.3 Å².